The molecular weight excluding hydrogens is 306 g/mol. The fourth-order valence-electron chi connectivity index (χ4n) is 3.13. The van der Waals surface area contributed by atoms with Crippen LogP contribution in [0.5, 0.6) is 11.5 Å². The van der Waals surface area contributed by atoms with Gasteiger partial charge in [-0.05, 0) is 49.5 Å². The van der Waals surface area contributed by atoms with Crippen molar-refractivity contribution in [2.45, 2.75) is 31.8 Å². The number of carbonyl (C=O) groups is 1. The third kappa shape index (κ3) is 4.29. The molecule has 1 amide bonds. The van der Waals surface area contributed by atoms with Crippen molar-refractivity contribution in [3.8, 4) is 11.5 Å². The molecule has 0 N–H and O–H groups in total. The molecule has 2 fully saturated rings. The molecule has 2 aliphatic rings. The van der Waals surface area contributed by atoms with Crippen LogP contribution in [0.2, 0.25) is 0 Å². The Bertz CT molecular complexity index is 587. The molecule has 5 heteroatoms. The van der Waals surface area contributed by atoms with Crippen LogP contribution in [0, 0.1) is 0 Å². The van der Waals surface area contributed by atoms with E-state index in [1.807, 2.05) is 24.3 Å². The van der Waals surface area contributed by atoms with Crippen molar-refractivity contribution in [2.75, 3.05) is 33.4 Å². The van der Waals surface area contributed by atoms with Gasteiger partial charge in [0.25, 0.3) is 0 Å². The van der Waals surface area contributed by atoms with E-state index in [4.69, 9.17) is 14.2 Å². The minimum absolute atomic E-state index is 0.0207. The van der Waals surface area contributed by atoms with Crippen LogP contribution in [0.1, 0.15) is 31.2 Å². The highest BCUT2D eigenvalue weighted by Gasteiger charge is 2.18. The molecule has 3 rings (SSSR count). The van der Waals surface area contributed by atoms with Gasteiger partial charge in [-0.15, -0.1) is 0 Å². The molecule has 1 aromatic rings. The quantitative estimate of drug-likeness (QED) is 0.779. The van der Waals surface area contributed by atoms with E-state index in [0.717, 1.165) is 29.9 Å². The Morgan fingerprint density at radius 3 is 2.67 bits per heavy atom. The molecular formula is C19H25NO4. The molecule has 0 bridgehead atoms. The standard InChI is InChI=1S/C19H25NO4/c1-22-17-8-6-15(14-18(17)24-16-4-2-3-5-16)7-9-19(21)20-10-12-23-13-11-20/h6-9,14,16H,2-5,10-13H2,1H3/b9-7+. The molecule has 0 aromatic heterocycles. The van der Waals surface area contributed by atoms with E-state index in [9.17, 15) is 4.79 Å². The average Bonchev–Trinajstić information content (AvgIpc) is 3.13. The van der Waals surface area contributed by atoms with Crippen LogP contribution < -0.4 is 9.47 Å². The van der Waals surface area contributed by atoms with Gasteiger partial charge in [-0.1, -0.05) is 6.07 Å². The van der Waals surface area contributed by atoms with Crippen molar-refractivity contribution in [2.24, 2.45) is 0 Å². The van der Waals surface area contributed by atoms with Gasteiger partial charge in [-0.3, -0.25) is 4.79 Å². The molecule has 1 heterocycles. The summed E-state index contributed by atoms with van der Waals surface area (Å²) < 4.78 is 16.8. The SMILES string of the molecule is COc1ccc(/C=C/C(=O)N2CCOCC2)cc1OC1CCCC1. The summed E-state index contributed by atoms with van der Waals surface area (Å²) >= 11 is 0. The van der Waals surface area contributed by atoms with Gasteiger partial charge in [0.15, 0.2) is 11.5 Å². The smallest absolute Gasteiger partial charge is 0.246 e. The maximum atomic E-state index is 12.2. The molecule has 1 aromatic carbocycles. The van der Waals surface area contributed by atoms with Gasteiger partial charge in [-0.2, -0.15) is 0 Å². The lowest BCUT2D eigenvalue weighted by molar-refractivity contribution is -0.129. The summed E-state index contributed by atoms with van der Waals surface area (Å²) in [5, 5.41) is 0. The molecule has 1 saturated heterocycles. The zero-order valence-electron chi connectivity index (χ0n) is 14.2. The molecule has 0 atom stereocenters. The topological polar surface area (TPSA) is 48.0 Å². The first-order chi connectivity index (χ1) is 11.8. The summed E-state index contributed by atoms with van der Waals surface area (Å²) in [6.07, 6.45) is 8.36. The van der Waals surface area contributed by atoms with Gasteiger partial charge in [0.1, 0.15) is 0 Å². The normalized spacial score (nSPS) is 19.0. The predicted molar refractivity (Wildman–Crippen MR) is 92.3 cm³/mol. The second-order valence-corrected chi connectivity index (χ2v) is 6.21. The average molecular weight is 331 g/mol. The van der Waals surface area contributed by atoms with Crippen LogP contribution in [0.25, 0.3) is 6.08 Å². The van der Waals surface area contributed by atoms with Gasteiger partial charge in [0.2, 0.25) is 5.91 Å². The first-order valence-electron chi connectivity index (χ1n) is 8.65. The lowest BCUT2D eigenvalue weighted by atomic mass is 10.1. The second kappa shape index (κ2) is 8.20. The number of morpholine rings is 1. The van der Waals surface area contributed by atoms with E-state index in [0.29, 0.717) is 26.3 Å². The highest BCUT2D eigenvalue weighted by molar-refractivity contribution is 5.91. The van der Waals surface area contributed by atoms with E-state index >= 15 is 0 Å². The van der Waals surface area contributed by atoms with Gasteiger partial charge >= 0.3 is 0 Å². The Labute approximate surface area is 143 Å². The van der Waals surface area contributed by atoms with Crippen molar-refractivity contribution in [3.63, 3.8) is 0 Å². The molecule has 1 saturated carbocycles. The van der Waals surface area contributed by atoms with Crippen molar-refractivity contribution >= 4 is 12.0 Å². The Morgan fingerprint density at radius 2 is 1.96 bits per heavy atom. The van der Waals surface area contributed by atoms with E-state index in [-0.39, 0.29) is 12.0 Å². The Balaban J connectivity index is 1.68. The number of benzene rings is 1. The van der Waals surface area contributed by atoms with Crippen molar-refractivity contribution in [1.82, 2.24) is 4.90 Å². The first-order valence-corrected chi connectivity index (χ1v) is 8.65. The number of hydrogen-bond donors (Lipinski definition) is 0. The van der Waals surface area contributed by atoms with Gasteiger partial charge in [-0.25, -0.2) is 0 Å². The van der Waals surface area contributed by atoms with E-state index in [1.165, 1.54) is 12.8 Å². The Morgan fingerprint density at radius 1 is 1.21 bits per heavy atom. The van der Waals surface area contributed by atoms with Crippen molar-refractivity contribution in [1.29, 1.82) is 0 Å². The number of carbonyl (C=O) groups excluding carboxylic acids is 1. The minimum atomic E-state index is 0.0207. The highest BCUT2D eigenvalue weighted by atomic mass is 16.5. The predicted octanol–water partition coefficient (Wildman–Crippen LogP) is 2.89. The molecule has 130 valence electrons. The monoisotopic (exact) mass is 331 g/mol. The molecule has 0 spiro atoms. The summed E-state index contributed by atoms with van der Waals surface area (Å²) in [4.78, 5) is 14.0. The fourth-order valence-corrected chi connectivity index (χ4v) is 3.13. The third-order valence-electron chi connectivity index (χ3n) is 4.52. The van der Waals surface area contributed by atoms with Crippen LogP contribution in [0.15, 0.2) is 24.3 Å². The van der Waals surface area contributed by atoms with Crippen molar-refractivity contribution in [3.05, 3.63) is 29.8 Å². The van der Waals surface area contributed by atoms with E-state index < -0.39 is 0 Å². The molecule has 0 unspecified atom stereocenters. The number of nitrogens with zero attached hydrogens (tertiary/aromatic N) is 1. The molecule has 1 aliphatic heterocycles. The van der Waals surface area contributed by atoms with Crippen LogP contribution in [-0.2, 0) is 9.53 Å². The summed E-state index contributed by atoms with van der Waals surface area (Å²) in [6.45, 7) is 2.53. The molecule has 0 radical (unpaired) electrons. The lowest BCUT2D eigenvalue weighted by Crippen LogP contribution is -2.39. The number of ether oxygens (including phenoxy) is 3. The molecule has 5 nitrogen and oxygen atoms in total. The first kappa shape index (κ1) is 16.8. The zero-order chi connectivity index (χ0) is 16.8. The van der Waals surface area contributed by atoms with Crippen LogP contribution in [0.3, 0.4) is 0 Å². The van der Waals surface area contributed by atoms with Crippen molar-refractivity contribution < 1.29 is 19.0 Å². The fraction of sp³-hybridized carbons (Fsp3) is 0.526. The number of rotatable bonds is 5. The summed E-state index contributed by atoms with van der Waals surface area (Å²) in [5.74, 6) is 1.51. The van der Waals surface area contributed by atoms with Gasteiger partial charge in [0.05, 0.1) is 26.4 Å². The summed E-state index contributed by atoms with van der Waals surface area (Å²) in [7, 11) is 1.65. The van der Waals surface area contributed by atoms with Crippen LogP contribution in [-0.4, -0.2) is 50.3 Å². The number of hydrogen-bond acceptors (Lipinski definition) is 4. The summed E-state index contributed by atoms with van der Waals surface area (Å²) in [6, 6.07) is 5.77. The molecule has 24 heavy (non-hydrogen) atoms. The largest absolute Gasteiger partial charge is 0.493 e. The second-order valence-electron chi connectivity index (χ2n) is 6.21. The Kier molecular flexibility index (Phi) is 5.75. The van der Waals surface area contributed by atoms with Crippen LogP contribution >= 0.6 is 0 Å². The third-order valence-corrected chi connectivity index (χ3v) is 4.52. The van der Waals surface area contributed by atoms with Crippen LogP contribution in [0.4, 0.5) is 0 Å². The lowest BCUT2D eigenvalue weighted by Gasteiger charge is -2.25. The highest BCUT2D eigenvalue weighted by Crippen LogP contribution is 2.32. The maximum Gasteiger partial charge on any atom is 0.246 e. The Hall–Kier alpha value is -2.01. The van der Waals surface area contributed by atoms with E-state index in [2.05, 4.69) is 0 Å². The maximum absolute atomic E-state index is 12.2. The summed E-state index contributed by atoms with van der Waals surface area (Å²) in [5.41, 5.74) is 0.936. The molecule has 1 aliphatic carbocycles. The van der Waals surface area contributed by atoms with E-state index in [1.54, 1.807) is 18.1 Å². The van der Waals surface area contributed by atoms with Gasteiger partial charge in [0, 0.05) is 19.2 Å². The zero-order valence-corrected chi connectivity index (χ0v) is 14.2. The number of methoxy groups -OCH3 is 1. The minimum Gasteiger partial charge on any atom is -0.493 e. The van der Waals surface area contributed by atoms with Gasteiger partial charge < -0.3 is 19.1 Å². The number of amides is 1.